The van der Waals surface area contributed by atoms with Crippen LogP contribution >= 0.6 is 0 Å². The number of nitrogens with zero attached hydrogens (tertiary/aromatic N) is 1. The van der Waals surface area contributed by atoms with E-state index in [1.807, 2.05) is 66.7 Å². The number of nitrogens with one attached hydrogen (secondary N) is 1. The summed E-state index contributed by atoms with van der Waals surface area (Å²) in [5.41, 5.74) is 4.16. The Kier molecular flexibility index (Phi) is 7.73. The first kappa shape index (κ1) is 21.5. The van der Waals surface area contributed by atoms with Gasteiger partial charge in [-0.2, -0.15) is 0 Å². The summed E-state index contributed by atoms with van der Waals surface area (Å²) in [6.07, 6.45) is 6.76. The molecule has 0 unspecified atom stereocenters. The third kappa shape index (κ3) is 6.98. The van der Waals surface area contributed by atoms with Gasteiger partial charge < -0.3 is 10.4 Å². The minimum absolute atomic E-state index is 0.118. The van der Waals surface area contributed by atoms with Crippen molar-refractivity contribution in [3.8, 4) is 11.8 Å². The first-order valence-corrected chi connectivity index (χ1v) is 9.92. The highest BCUT2D eigenvalue weighted by atomic mass is 16.4. The molecule has 0 aliphatic rings. The molecule has 0 bridgehead atoms. The summed E-state index contributed by atoms with van der Waals surface area (Å²) >= 11 is 0. The molecule has 1 aromatic heterocycles. The lowest BCUT2D eigenvalue weighted by Crippen LogP contribution is -2.08. The second kappa shape index (κ2) is 11.1. The van der Waals surface area contributed by atoms with Crippen LogP contribution in [0.5, 0.6) is 0 Å². The maximum Gasteiger partial charge on any atom is 0.303 e. The fourth-order valence-corrected chi connectivity index (χ4v) is 3.00. The van der Waals surface area contributed by atoms with E-state index in [-0.39, 0.29) is 6.42 Å². The normalized spacial score (nSPS) is 10.6. The molecule has 0 radical (unpaired) electrons. The number of carboxylic acid groups (broad SMARTS) is 1. The van der Waals surface area contributed by atoms with Crippen LogP contribution in [0.1, 0.15) is 36.0 Å². The highest BCUT2D eigenvalue weighted by Crippen LogP contribution is 2.26. The average molecular weight is 410 g/mol. The van der Waals surface area contributed by atoms with E-state index in [4.69, 9.17) is 5.11 Å². The van der Waals surface area contributed by atoms with Crippen molar-refractivity contribution in [2.45, 2.75) is 19.3 Å². The van der Waals surface area contributed by atoms with Gasteiger partial charge in [0.2, 0.25) is 0 Å². The lowest BCUT2D eigenvalue weighted by Gasteiger charge is -2.10. The van der Waals surface area contributed by atoms with Crippen LogP contribution in [0, 0.1) is 11.8 Å². The Morgan fingerprint density at radius 1 is 1.00 bits per heavy atom. The van der Waals surface area contributed by atoms with Crippen LogP contribution in [0.15, 0.2) is 85.2 Å². The number of benzene rings is 2. The summed E-state index contributed by atoms with van der Waals surface area (Å²) < 4.78 is 0. The molecule has 0 atom stereocenters. The number of carbonyl (C=O) groups excluding carboxylic acids is 1. The SMILES string of the molecule is O=C(O)CCC/C=C(/c1cccnc1)c1cccc(NC(=O)C#Cc2ccccc2)c1. The molecule has 3 rings (SSSR count). The van der Waals surface area contributed by atoms with E-state index in [0.717, 1.165) is 22.3 Å². The van der Waals surface area contributed by atoms with Gasteiger partial charge in [0.15, 0.2) is 0 Å². The van der Waals surface area contributed by atoms with Gasteiger partial charge in [0.25, 0.3) is 0 Å². The minimum atomic E-state index is -0.808. The summed E-state index contributed by atoms with van der Waals surface area (Å²) in [6.45, 7) is 0. The van der Waals surface area contributed by atoms with Crippen LogP contribution in [0.2, 0.25) is 0 Å². The van der Waals surface area contributed by atoms with Gasteiger partial charge in [-0.1, -0.05) is 48.4 Å². The van der Waals surface area contributed by atoms with Crippen molar-refractivity contribution in [3.63, 3.8) is 0 Å². The van der Waals surface area contributed by atoms with Crippen molar-refractivity contribution in [1.82, 2.24) is 4.98 Å². The molecule has 5 nitrogen and oxygen atoms in total. The first-order chi connectivity index (χ1) is 15.1. The summed E-state index contributed by atoms with van der Waals surface area (Å²) in [5, 5.41) is 11.7. The number of pyridine rings is 1. The highest BCUT2D eigenvalue weighted by Gasteiger charge is 2.08. The summed E-state index contributed by atoms with van der Waals surface area (Å²) in [7, 11) is 0. The molecular formula is C26H22N2O3. The smallest absolute Gasteiger partial charge is 0.303 e. The zero-order valence-electron chi connectivity index (χ0n) is 16.9. The van der Waals surface area contributed by atoms with E-state index in [0.29, 0.717) is 18.5 Å². The number of unbranched alkanes of at least 4 members (excludes halogenated alkanes) is 1. The largest absolute Gasteiger partial charge is 0.481 e. The van der Waals surface area contributed by atoms with Crippen LogP contribution in [0.3, 0.4) is 0 Å². The van der Waals surface area contributed by atoms with Crippen LogP contribution in [0.25, 0.3) is 5.57 Å². The van der Waals surface area contributed by atoms with E-state index >= 15 is 0 Å². The van der Waals surface area contributed by atoms with E-state index in [1.165, 1.54) is 0 Å². The molecule has 0 spiro atoms. The number of carboxylic acids is 1. The number of allylic oxidation sites excluding steroid dienone is 1. The third-order valence-corrected chi connectivity index (χ3v) is 4.44. The Bertz CT molecular complexity index is 1130. The van der Waals surface area contributed by atoms with E-state index in [1.54, 1.807) is 18.5 Å². The Hall–Kier alpha value is -4.17. The number of amides is 1. The monoisotopic (exact) mass is 410 g/mol. The second-order valence-electron chi connectivity index (χ2n) is 6.80. The lowest BCUT2D eigenvalue weighted by atomic mass is 9.97. The molecule has 0 aliphatic carbocycles. The topological polar surface area (TPSA) is 79.3 Å². The zero-order valence-corrected chi connectivity index (χ0v) is 16.9. The van der Waals surface area contributed by atoms with Gasteiger partial charge in [-0.05, 0) is 54.3 Å². The van der Waals surface area contributed by atoms with Crippen molar-refractivity contribution < 1.29 is 14.7 Å². The molecule has 1 amide bonds. The van der Waals surface area contributed by atoms with Crippen molar-refractivity contribution in [1.29, 1.82) is 0 Å². The van der Waals surface area contributed by atoms with Gasteiger partial charge in [-0.3, -0.25) is 14.6 Å². The van der Waals surface area contributed by atoms with Crippen LogP contribution < -0.4 is 5.32 Å². The van der Waals surface area contributed by atoms with Crippen molar-refractivity contribution in [2.75, 3.05) is 5.32 Å². The van der Waals surface area contributed by atoms with Gasteiger partial charge in [0, 0.05) is 41.5 Å². The van der Waals surface area contributed by atoms with Crippen molar-refractivity contribution in [2.24, 2.45) is 0 Å². The number of anilines is 1. The minimum Gasteiger partial charge on any atom is -0.481 e. The highest BCUT2D eigenvalue weighted by molar-refractivity contribution is 6.04. The maximum atomic E-state index is 12.2. The van der Waals surface area contributed by atoms with E-state index in [9.17, 15) is 9.59 Å². The fraction of sp³-hybridized carbons (Fsp3) is 0.115. The molecule has 0 fully saturated rings. The number of hydrogen-bond donors (Lipinski definition) is 2. The predicted octanol–water partition coefficient (Wildman–Crippen LogP) is 4.76. The molecule has 31 heavy (non-hydrogen) atoms. The number of hydrogen-bond acceptors (Lipinski definition) is 3. The standard InChI is InChI=1S/C26H22N2O3/c29-25(16-15-20-8-2-1-3-9-20)28-23-12-6-10-21(18-23)24(13-4-5-14-26(30)31)22-11-7-17-27-19-22/h1-3,6-13,17-19H,4-5,14H2,(H,28,29)(H,30,31)/b24-13+. The predicted molar refractivity (Wildman–Crippen MR) is 121 cm³/mol. The molecule has 3 aromatic rings. The molecule has 0 saturated carbocycles. The Morgan fingerprint density at radius 3 is 2.55 bits per heavy atom. The number of aromatic nitrogens is 1. The molecule has 2 N–H and O–H groups in total. The Morgan fingerprint density at radius 2 is 1.81 bits per heavy atom. The second-order valence-corrected chi connectivity index (χ2v) is 6.80. The first-order valence-electron chi connectivity index (χ1n) is 9.92. The quantitative estimate of drug-likeness (QED) is 0.435. The zero-order chi connectivity index (χ0) is 21.9. The Balaban J connectivity index is 1.79. The molecular weight excluding hydrogens is 388 g/mol. The number of rotatable bonds is 7. The molecule has 0 saturated heterocycles. The summed E-state index contributed by atoms with van der Waals surface area (Å²) in [5.74, 6) is 4.24. The molecule has 2 aromatic carbocycles. The lowest BCUT2D eigenvalue weighted by molar-refractivity contribution is -0.137. The van der Waals surface area contributed by atoms with Gasteiger partial charge in [-0.15, -0.1) is 0 Å². The van der Waals surface area contributed by atoms with Crippen molar-refractivity contribution in [3.05, 3.63) is 102 Å². The number of aliphatic carboxylic acids is 1. The van der Waals surface area contributed by atoms with Crippen LogP contribution in [-0.2, 0) is 9.59 Å². The van der Waals surface area contributed by atoms with E-state index in [2.05, 4.69) is 22.1 Å². The average Bonchev–Trinajstić information content (AvgIpc) is 2.79. The van der Waals surface area contributed by atoms with Gasteiger partial charge in [0.1, 0.15) is 0 Å². The van der Waals surface area contributed by atoms with Gasteiger partial charge in [0.05, 0.1) is 0 Å². The number of carbonyl (C=O) groups is 2. The maximum absolute atomic E-state index is 12.2. The van der Waals surface area contributed by atoms with Crippen LogP contribution in [0.4, 0.5) is 5.69 Å². The molecule has 5 heteroatoms. The van der Waals surface area contributed by atoms with Gasteiger partial charge >= 0.3 is 11.9 Å². The molecule has 1 heterocycles. The van der Waals surface area contributed by atoms with Crippen molar-refractivity contribution >= 4 is 23.1 Å². The molecule has 154 valence electrons. The van der Waals surface area contributed by atoms with Crippen LogP contribution in [-0.4, -0.2) is 22.0 Å². The van der Waals surface area contributed by atoms with Gasteiger partial charge in [-0.25, -0.2) is 0 Å². The summed E-state index contributed by atoms with van der Waals surface area (Å²) in [6, 6.07) is 20.6. The third-order valence-electron chi connectivity index (χ3n) is 4.44. The Labute approximate surface area is 181 Å². The van der Waals surface area contributed by atoms with E-state index < -0.39 is 11.9 Å². The fourth-order valence-electron chi connectivity index (χ4n) is 3.00. The molecule has 0 aliphatic heterocycles. The summed E-state index contributed by atoms with van der Waals surface area (Å²) in [4.78, 5) is 27.2.